The van der Waals surface area contributed by atoms with Gasteiger partial charge in [0.1, 0.15) is 12.4 Å². The quantitative estimate of drug-likeness (QED) is 0.740. The van der Waals surface area contributed by atoms with Gasteiger partial charge in [0.05, 0.1) is 18.3 Å². The second-order valence-electron chi connectivity index (χ2n) is 6.78. The number of amides is 1. The van der Waals surface area contributed by atoms with E-state index >= 15 is 0 Å². The number of ether oxygens (including phenoxy) is 2. The van der Waals surface area contributed by atoms with E-state index in [9.17, 15) is 14.0 Å². The Bertz CT molecular complexity index is 839. The van der Waals surface area contributed by atoms with Gasteiger partial charge in [0.25, 0.3) is 0 Å². The van der Waals surface area contributed by atoms with Crippen LogP contribution in [-0.4, -0.2) is 42.3 Å². The molecule has 7 heteroatoms. The standard InChI is InChI=1S/C21H25FN2O4/c1-3-27-21(26)18-11-19(15-6-8-16(22)9-7-15)24(14(18)2)13-20(25)23-12-17-5-4-10-28-17/h6-9,11,17H,3-5,10,12-13H2,1-2H3,(H,23,25). The van der Waals surface area contributed by atoms with Crippen LogP contribution in [0.5, 0.6) is 0 Å². The molecule has 2 aromatic rings. The van der Waals surface area contributed by atoms with E-state index in [1.807, 2.05) is 0 Å². The summed E-state index contributed by atoms with van der Waals surface area (Å²) in [4.78, 5) is 24.8. The molecule has 0 spiro atoms. The highest BCUT2D eigenvalue weighted by molar-refractivity contribution is 5.93. The number of hydrogen-bond donors (Lipinski definition) is 1. The van der Waals surface area contributed by atoms with Crippen LogP contribution < -0.4 is 5.32 Å². The van der Waals surface area contributed by atoms with Crippen molar-refractivity contribution in [2.24, 2.45) is 0 Å². The topological polar surface area (TPSA) is 69.6 Å². The number of esters is 1. The minimum Gasteiger partial charge on any atom is -0.462 e. The summed E-state index contributed by atoms with van der Waals surface area (Å²) in [6.07, 6.45) is 2.01. The first-order valence-corrected chi connectivity index (χ1v) is 9.51. The molecule has 1 aromatic carbocycles. The molecule has 0 bridgehead atoms. The summed E-state index contributed by atoms with van der Waals surface area (Å²) in [5.41, 5.74) is 2.40. The number of nitrogens with one attached hydrogen (secondary N) is 1. The van der Waals surface area contributed by atoms with E-state index in [4.69, 9.17) is 9.47 Å². The van der Waals surface area contributed by atoms with Gasteiger partial charge < -0.3 is 19.4 Å². The van der Waals surface area contributed by atoms with Gasteiger partial charge in [0.15, 0.2) is 0 Å². The molecule has 1 atom stereocenters. The summed E-state index contributed by atoms with van der Waals surface area (Å²) in [6.45, 7) is 5.02. The lowest BCUT2D eigenvalue weighted by molar-refractivity contribution is -0.122. The predicted molar refractivity (Wildman–Crippen MR) is 103 cm³/mol. The Morgan fingerprint density at radius 1 is 1.32 bits per heavy atom. The van der Waals surface area contributed by atoms with Gasteiger partial charge in [0.2, 0.25) is 5.91 Å². The molecule has 1 amide bonds. The third kappa shape index (κ3) is 4.59. The lowest BCUT2D eigenvalue weighted by atomic mass is 10.1. The highest BCUT2D eigenvalue weighted by atomic mass is 19.1. The minimum atomic E-state index is -0.443. The number of benzene rings is 1. The number of halogens is 1. The van der Waals surface area contributed by atoms with Gasteiger partial charge in [-0.25, -0.2) is 9.18 Å². The van der Waals surface area contributed by atoms with Crippen molar-refractivity contribution < 1.29 is 23.5 Å². The maximum absolute atomic E-state index is 13.3. The van der Waals surface area contributed by atoms with Crippen LogP contribution in [0.2, 0.25) is 0 Å². The predicted octanol–water partition coefficient (Wildman–Crippen LogP) is 3.07. The third-order valence-corrected chi connectivity index (χ3v) is 4.85. The van der Waals surface area contributed by atoms with E-state index in [0.29, 0.717) is 29.1 Å². The SMILES string of the molecule is CCOC(=O)c1cc(-c2ccc(F)cc2)n(CC(=O)NCC2CCCO2)c1C. The first kappa shape index (κ1) is 20.1. The molecule has 1 unspecified atom stereocenters. The van der Waals surface area contributed by atoms with Crippen LogP contribution in [0.4, 0.5) is 4.39 Å². The van der Waals surface area contributed by atoms with E-state index < -0.39 is 5.97 Å². The number of aromatic nitrogens is 1. The zero-order valence-corrected chi connectivity index (χ0v) is 16.2. The Kier molecular flexibility index (Phi) is 6.46. The molecule has 1 aliphatic rings. The van der Waals surface area contributed by atoms with Gasteiger partial charge >= 0.3 is 5.97 Å². The maximum atomic E-state index is 13.3. The van der Waals surface area contributed by atoms with Crippen molar-refractivity contribution in [3.63, 3.8) is 0 Å². The molecule has 1 fully saturated rings. The normalized spacial score (nSPS) is 16.2. The van der Waals surface area contributed by atoms with Gasteiger partial charge in [-0.05, 0) is 62.6 Å². The van der Waals surface area contributed by atoms with Gasteiger partial charge in [-0.2, -0.15) is 0 Å². The van der Waals surface area contributed by atoms with Crippen LogP contribution in [0.25, 0.3) is 11.3 Å². The van der Waals surface area contributed by atoms with Gasteiger partial charge in [-0.3, -0.25) is 4.79 Å². The third-order valence-electron chi connectivity index (χ3n) is 4.85. The van der Waals surface area contributed by atoms with E-state index in [1.165, 1.54) is 12.1 Å². The number of rotatable bonds is 7. The minimum absolute atomic E-state index is 0.0463. The van der Waals surface area contributed by atoms with Crippen LogP contribution in [0, 0.1) is 12.7 Å². The summed E-state index contributed by atoms with van der Waals surface area (Å²) in [5, 5.41) is 2.89. The van der Waals surface area contributed by atoms with Crippen LogP contribution in [0.15, 0.2) is 30.3 Å². The summed E-state index contributed by atoms with van der Waals surface area (Å²) in [7, 11) is 0. The van der Waals surface area contributed by atoms with Gasteiger partial charge in [0, 0.05) is 24.5 Å². The molecule has 6 nitrogen and oxygen atoms in total. The van der Waals surface area contributed by atoms with E-state index in [-0.39, 0.29) is 31.0 Å². The van der Waals surface area contributed by atoms with Crippen molar-refractivity contribution >= 4 is 11.9 Å². The lowest BCUT2D eigenvalue weighted by Crippen LogP contribution is -2.34. The van der Waals surface area contributed by atoms with Crippen molar-refractivity contribution in [3.05, 3.63) is 47.4 Å². The van der Waals surface area contributed by atoms with Crippen molar-refractivity contribution in [2.75, 3.05) is 19.8 Å². The Morgan fingerprint density at radius 3 is 2.71 bits per heavy atom. The second-order valence-corrected chi connectivity index (χ2v) is 6.78. The van der Waals surface area contributed by atoms with Crippen molar-refractivity contribution in [1.82, 2.24) is 9.88 Å². The first-order chi connectivity index (χ1) is 13.5. The molecule has 0 radical (unpaired) electrons. The van der Waals surface area contributed by atoms with Crippen molar-refractivity contribution in [1.29, 1.82) is 0 Å². The Hall–Kier alpha value is -2.67. The Labute approximate surface area is 163 Å². The lowest BCUT2D eigenvalue weighted by Gasteiger charge is -2.14. The smallest absolute Gasteiger partial charge is 0.339 e. The summed E-state index contributed by atoms with van der Waals surface area (Å²) < 4.78 is 25.7. The van der Waals surface area contributed by atoms with Crippen molar-refractivity contribution in [3.8, 4) is 11.3 Å². The van der Waals surface area contributed by atoms with Crippen molar-refractivity contribution in [2.45, 2.75) is 39.3 Å². The van der Waals surface area contributed by atoms with E-state index in [2.05, 4.69) is 5.32 Å². The summed E-state index contributed by atoms with van der Waals surface area (Å²) in [5.74, 6) is -0.964. The first-order valence-electron chi connectivity index (χ1n) is 9.51. The molecule has 150 valence electrons. The van der Waals surface area contributed by atoms with Crippen LogP contribution >= 0.6 is 0 Å². The molecular weight excluding hydrogens is 363 g/mol. The summed E-state index contributed by atoms with van der Waals surface area (Å²) in [6, 6.07) is 7.64. The fourth-order valence-corrected chi connectivity index (χ4v) is 3.36. The molecule has 1 aromatic heterocycles. The van der Waals surface area contributed by atoms with Gasteiger partial charge in [-0.15, -0.1) is 0 Å². The fourth-order valence-electron chi connectivity index (χ4n) is 3.36. The molecule has 3 rings (SSSR count). The average molecular weight is 388 g/mol. The molecule has 28 heavy (non-hydrogen) atoms. The molecule has 1 aliphatic heterocycles. The van der Waals surface area contributed by atoms with Gasteiger partial charge in [-0.1, -0.05) is 0 Å². The zero-order valence-electron chi connectivity index (χ0n) is 16.2. The highest BCUT2D eigenvalue weighted by Crippen LogP contribution is 2.27. The summed E-state index contributed by atoms with van der Waals surface area (Å²) >= 11 is 0. The second kappa shape index (κ2) is 9.01. The molecule has 1 N–H and O–H groups in total. The number of nitrogens with zero attached hydrogens (tertiary/aromatic N) is 1. The zero-order chi connectivity index (χ0) is 20.1. The number of hydrogen-bond acceptors (Lipinski definition) is 4. The largest absolute Gasteiger partial charge is 0.462 e. The molecule has 1 saturated heterocycles. The van der Waals surface area contributed by atoms with E-state index in [1.54, 1.807) is 36.6 Å². The maximum Gasteiger partial charge on any atom is 0.339 e. The molecule has 0 saturated carbocycles. The molecule has 0 aliphatic carbocycles. The van der Waals surface area contributed by atoms with Crippen LogP contribution in [0.1, 0.15) is 35.8 Å². The fraction of sp³-hybridized carbons (Fsp3) is 0.429. The Balaban J connectivity index is 1.85. The average Bonchev–Trinajstić information content (AvgIpc) is 3.30. The van der Waals surface area contributed by atoms with Crippen LogP contribution in [-0.2, 0) is 20.8 Å². The van der Waals surface area contributed by atoms with Crippen LogP contribution in [0.3, 0.4) is 0 Å². The van der Waals surface area contributed by atoms with E-state index in [0.717, 1.165) is 19.4 Å². The number of carbonyl (C=O) groups excluding carboxylic acids is 2. The number of carbonyl (C=O) groups is 2. The molecule has 2 heterocycles. The monoisotopic (exact) mass is 388 g/mol. The molecular formula is C21H25FN2O4. The highest BCUT2D eigenvalue weighted by Gasteiger charge is 2.22. The Morgan fingerprint density at radius 2 is 2.07 bits per heavy atom.